The number of aromatic nitrogens is 2. The van der Waals surface area contributed by atoms with Gasteiger partial charge in [0.05, 0.1) is 36.5 Å². The van der Waals surface area contributed by atoms with E-state index in [-0.39, 0.29) is 0 Å². The van der Waals surface area contributed by atoms with Crippen LogP contribution in [-0.4, -0.2) is 9.78 Å². The summed E-state index contributed by atoms with van der Waals surface area (Å²) in [7, 11) is 0. The van der Waals surface area contributed by atoms with Gasteiger partial charge in [-0.25, -0.2) is 4.68 Å². The number of rotatable bonds is 3. The Bertz CT molecular complexity index is 1280. The van der Waals surface area contributed by atoms with Crippen molar-refractivity contribution in [3.05, 3.63) is 90.3 Å². The average Bonchev–Trinajstić information content (AvgIpc) is 3.05. The van der Waals surface area contributed by atoms with Gasteiger partial charge < -0.3 is 0 Å². The number of halogens is 6. The van der Waals surface area contributed by atoms with Crippen LogP contribution in [0.5, 0.6) is 0 Å². The topological polar surface area (TPSA) is 17.8 Å². The van der Waals surface area contributed by atoms with Crippen LogP contribution in [-0.2, 0) is 0 Å². The minimum Gasteiger partial charge on any atom is -0.231 e. The lowest BCUT2D eigenvalue weighted by Gasteiger charge is -2.10. The first kappa shape index (κ1) is 21.8. The zero-order valence-corrected chi connectivity index (χ0v) is 19.9. The van der Waals surface area contributed by atoms with Crippen molar-refractivity contribution in [2.45, 2.75) is 6.92 Å². The normalized spacial score (nSPS) is 11.2. The molecule has 4 rings (SSSR count). The molecule has 0 aliphatic heterocycles. The van der Waals surface area contributed by atoms with E-state index >= 15 is 0 Å². The van der Waals surface area contributed by atoms with Gasteiger partial charge in [0.15, 0.2) is 0 Å². The predicted octanol–water partition coefficient (Wildman–Crippen LogP) is 9.44. The molecule has 0 radical (unpaired) electrons. The molecule has 0 N–H and O–H groups in total. The minimum atomic E-state index is 0.411. The maximum absolute atomic E-state index is 6.84. The largest absolute Gasteiger partial charge is 0.231 e. The highest BCUT2D eigenvalue weighted by molar-refractivity contribution is 6.43. The van der Waals surface area contributed by atoms with Crippen LogP contribution >= 0.6 is 69.6 Å². The van der Waals surface area contributed by atoms with Gasteiger partial charge in [-0.15, -0.1) is 0 Å². The summed E-state index contributed by atoms with van der Waals surface area (Å²) in [5.74, 6) is 0. The Kier molecular flexibility index (Phi) is 6.28. The fraction of sp³-hybridized carbons (Fsp3) is 0.0455. The molecule has 0 saturated heterocycles. The van der Waals surface area contributed by atoms with E-state index < -0.39 is 0 Å². The third-order valence-corrected chi connectivity index (χ3v) is 6.86. The first-order valence-corrected chi connectivity index (χ1v) is 11.0. The molecule has 152 valence electrons. The van der Waals surface area contributed by atoms with Gasteiger partial charge in [-0.05, 0) is 48.9 Å². The van der Waals surface area contributed by atoms with Crippen LogP contribution in [0.4, 0.5) is 0 Å². The Hall–Kier alpha value is -1.39. The van der Waals surface area contributed by atoms with Crippen LogP contribution in [0.2, 0.25) is 30.1 Å². The lowest BCUT2D eigenvalue weighted by molar-refractivity contribution is 0.891. The van der Waals surface area contributed by atoms with E-state index in [1.807, 2.05) is 37.3 Å². The van der Waals surface area contributed by atoms with Crippen molar-refractivity contribution in [1.82, 2.24) is 9.78 Å². The van der Waals surface area contributed by atoms with Gasteiger partial charge in [0, 0.05) is 16.1 Å². The molecule has 8 heteroatoms. The first-order valence-electron chi connectivity index (χ1n) is 8.72. The first-order chi connectivity index (χ1) is 14.3. The zero-order chi connectivity index (χ0) is 21.6. The van der Waals surface area contributed by atoms with Crippen LogP contribution in [0.1, 0.15) is 5.56 Å². The number of aryl methyl sites for hydroxylation is 1. The fourth-order valence-electron chi connectivity index (χ4n) is 3.02. The molecule has 3 aromatic carbocycles. The molecule has 4 aromatic rings. The molecule has 0 bridgehead atoms. The van der Waals surface area contributed by atoms with E-state index in [4.69, 9.17) is 74.7 Å². The number of benzene rings is 3. The smallest absolute Gasteiger partial charge is 0.112 e. The van der Waals surface area contributed by atoms with Gasteiger partial charge in [0.1, 0.15) is 5.69 Å². The molecule has 0 saturated carbocycles. The molecule has 1 heterocycles. The highest BCUT2D eigenvalue weighted by Crippen LogP contribution is 2.41. The summed E-state index contributed by atoms with van der Waals surface area (Å²) in [5, 5.41) is 7.55. The monoisotopic (exact) mass is 514 g/mol. The third kappa shape index (κ3) is 4.05. The summed E-state index contributed by atoms with van der Waals surface area (Å²) in [6.07, 6.45) is 0. The highest BCUT2D eigenvalue weighted by Gasteiger charge is 2.22. The van der Waals surface area contributed by atoms with Crippen molar-refractivity contribution in [3.8, 4) is 28.2 Å². The standard InChI is InChI=1S/C22H12Cl6N2/c1-11-2-5-14(10-17(11)25)30-22(13-4-7-16(24)19(27)9-13)20(28)21(29-30)12-3-6-15(23)18(26)8-12/h2-10H,1H3. The summed E-state index contributed by atoms with van der Waals surface area (Å²) in [4.78, 5) is 0. The molecule has 2 nitrogen and oxygen atoms in total. The number of hydrogen-bond acceptors (Lipinski definition) is 1. The van der Waals surface area contributed by atoms with E-state index in [0.29, 0.717) is 41.5 Å². The zero-order valence-electron chi connectivity index (χ0n) is 15.4. The Morgan fingerprint density at radius 1 is 0.633 bits per heavy atom. The van der Waals surface area contributed by atoms with Crippen molar-refractivity contribution in [2.24, 2.45) is 0 Å². The van der Waals surface area contributed by atoms with Gasteiger partial charge in [-0.3, -0.25) is 0 Å². The summed E-state index contributed by atoms with van der Waals surface area (Å²) in [6.45, 7) is 1.93. The summed E-state index contributed by atoms with van der Waals surface area (Å²) >= 11 is 37.9. The molecule has 30 heavy (non-hydrogen) atoms. The van der Waals surface area contributed by atoms with Crippen molar-refractivity contribution in [2.75, 3.05) is 0 Å². The molecular formula is C22H12Cl6N2. The summed E-state index contributed by atoms with van der Waals surface area (Å²) in [5.41, 5.74) is 4.39. The molecule has 0 spiro atoms. The Balaban J connectivity index is 2.00. The molecule has 0 amide bonds. The Morgan fingerprint density at radius 3 is 1.83 bits per heavy atom. The maximum atomic E-state index is 6.84. The van der Waals surface area contributed by atoms with Crippen LogP contribution in [0.3, 0.4) is 0 Å². The summed E-state index contributed by atoms with van der Waals surface area (Å²) < 4.78 is 1.73. The van der Waals surface area contributed by atoms with Gasteiger partial charge in [-0.1, -0.05) is 87.8 Å². The number of hydrogen-bond donors (Lipinski definition) is 0. The molecule has 0 atom stereocenters. The second-order valence-corrected chi connectivity index (χ2v) is 9.03. The minimum absolute atomic E-state index is 0.411. The molecule has 0 aliphatic rings. The molecule has 0 unspecified atom stereocenters. The van der Waals surface area contributed by atoms with E-state index in [9.17, 15) is 0 Å². The quantitative estimate of drug-likeness (QED) is 0.265. The molecule has 0 fully saturated rings. The lowest BCUT2D eigenvalue weighted by Crippen LogP contribution is -2.00. The van der Waals surface area contributed by atoms with Crippen LogP contribution in [0.25, 0.3) is 28.2 Å². The maximum Gasteiger partial charge on any atom is 0.112 e. The molecular weight excluding hydrogens is 505 g/mol. The SMILES string of the molecule is Cc1ccc(-n2nc(-c3ccc(Cl)c(Cl)c3)c(Cl)c2-c2ccc(Cl)c(Cl)c2)cc1Cl. The van der Waals surface area contributed by atoms with Crippen LogP contribution < -0.4 is 0 Å². The van der Waals surface area contributed by atoms with Crippen molar-refractivity contribution in [3.63, 3.8) is 0 Å². The van der Waals surface area contributed by atoms with Crippen molar-refractivity contribution >= 4 is 69.6 Å². The van der Waals surface area contributed by atoms with E-state index in [1.54, 1.807) is 28.9 Å². The van der Waals surface area contributed by atoms with Crippen LogP contribution in [0.15, 0.2) is 54.6 Å². The average molecular weight is 517 g/mol. The van der Waals surface area contributed by atoms with Gasteiger partial charge in [0.25, 0.3) is 0 Å². The predicted molar refractivity (Wildman–Crippen MR) is 129 cm³/mol. The molecule has 1 aromatic heterocycles. The number of nitrogens with zero attached hydrogens (tertiary/aromatic N) is 2. The Morgan fingerprint density at radius 2 is 1.23 bits per heavy atom. The summed E-state index contributed by atoms with van der Waals surface area (Å²) in [6, 6.07) is 16.2. The Labute approximate surface area is 203 Å². The highest BCUT2D eigenvalue weighted by atomic mass is 35.5. The van der Waals surface area contributed by atoms with E-state index in [1.165, 1.54) is 0 Å². The van der Waals surface area contributed by atoms with Crippen molar-refractivity contribution in [1.29, 1.82) is 0 Å². The molecule has 0 aliphatic carbocycles. The third-order valence-electron chi connectivity index (χ3n) is 4.61. The van der Waals surface area contributed by atoms with Gasteiger partial charge in [0.2, 0.25) is 0 Å². The van der Waals surface area contributed by atoms with Gasteiger partial charge >= 0.3 is 0 Å². The van der Waals surface area contributed by atoms with E-state index in [0.717, 1.165) is 22.4 Å². The second kappa shape index (κ2) is 8.63. The fourth-order valence-corrected chi connectivity index (χ4v) is 4.13. The van der Waals surface area contributed by atoms with E-state index in [2.05, 4.69) is 0 Å². The van der Waals surface area contributed by atoms with Crippen molar-refractivity contribution < 1.29 is 0 Å². The van der Waals surface area contributed by atoms with Crippen LogP contribution in [0, 0.1) is 6.92 Å². The van der Waals surface area contributed by atoms with Gasteiger partial charge in [-0.2, -0.15) is 5.10 Å². The second-order valence-electron chi connectivity index (χ2n) is 6.61. The lowest BCUT2D eigenvalue weighted by atomic mass is 10.1.